The monoisotopic (exact) mass is 429 g/mol. The Morgan fingerprint density at radius 1 is 1.23 bits per heavy atom. The minimum atomic E-state index is -0.437. The van der Waals surface area contributed by atoms with Crippen molar-refractivity contribution in [2.75, 3.05) is 5.32 Å². The summed E-state index contributed by atoms with van der Waals surface area (Å²) in [6.07, 6.45) is 7.51. The molecule has 2 aromatic heterocycles. The summed E-state index contributed by atoms with van der Waals surface area (Å²) in [4.78, 5) is 29.5. The Morgan fingerprint density at radius 3 is 2.73 bits per heavy atom. The van der Waals surface area contributed by atoms with Crippen LogP contribution in [0.1, 0.15) is 41.6 Å². The lowest BCUT2D eigenvalue weighted by molar-refractivity contribution is -0.120. The van der Waals surface area contributed by atoms with Gasteiger partial charge in [0.05, 0.1) is 16.9 Å². The summed E-state index contributed by atoms with van der Waals surface area (Å²) in [5.74, 6) is -0.973. The number of hydrogen-bond acceptors (Lipinski definition) is 4. The van der Waals surface area contributed by atoms with Crippen molar-refractivity contribution in [2.24, 2.45) is 5.92 Å². The standard InChI is InChI=1S/C21H21ClFN5O2/c1-12-9-14(23)10-17(22)18(12)27-20(29)13-3-5-15(6-4-13)26-21(30)16-11-25-28-8-2-7-24-19(16)28/h2,7-11,13,15H,3-6H2,1H3,(H,26,30)(H,27,29)/t13-,15-. The molecule has 2 N–H and O–H groups in total. The molecule has 2 amide bonds. The molecule has 4 rings (SSSR count). The molecule has 9 heteroatoms. The first-order chi connectivity index (χ1) is 14.4. The molecule has 0 unspecified atom stereocenters. The highest BCUT2D eigenvalue weighted by Gasteiger charge is 2.28. The summed E-state index contributed by atoms with van der Waals surface area (Å²) in [6, 6.07) is 4.25. The normalized spacial score (nSPS) is 18.9. The molecule has 0 radical (unpaired) electrons. The molecule has 0 spiro atoms. The third-order valence-corrected chi connectivity index (χ3v) is 5.76. The van der Waals surface area contributed by atoms with E-state index in [9.17, 15) is 14.0 Å². The Kier molecular flexibility index (Phi) is 5.67. The number of anilines is 1. The lowest BCUT2D eigenvalue weighted by Crippen LogP contribution is -2.39. The average Bonchev–Trinajstić information content (AvgIpc) is 3.15. The predicted molar refractivity (Wildman–Crippen MR) is 111 cm³/mol. The van der Waals surface area contributed by atoms with E-state index in [-0.39, 0.29) is 28.8 Å². The minimum Gasteiger partial charge on any atom is -0.349 e. The first-order valence-corrected chi connectivity index (χ1v) is 10.2. The van der Waals surface area contributed by atoms with Crippen molar-refractivity contribution in [2.45, 2.75) is 38.6 Å². The quantitative estimate of drug-likeness (QED) is 0.661. The SMILES string of the molecule is Cc1cc(F)cc(Cl)c1NC(=O)[C@H]1CC[C@H](NC(=O)c2cnn3cccnc23)CC1. The number of nitrogens with one attached hydrogen (secondary N) is 2. The Hall–Kier alpha value is -3.00. The molecule has 0 aliphatic heterocycles. The van der Waals surface area contributed by atoms with Crippen LogP contribution in [0.2, 0.25) is 5.02 Å². The first kappa shape index (κ1) is 20.3. The lowest BCUT2D eigenvalue weighted by atomic mass is 9.85. The molecule has 30 heavy (non-hydrogen) atoms. The molecule has 156 valence electrons. The number of nitrogens with zero attached hydrogens (tertiary/aromatic N) is 3. The van der Waals surface area contributed by atoms with E-state index in [1.165, 1.54) is 18.3 Å². The van der Waals surface area contributed by atoms with Gasteiger partial charge in [0.2, 0.25) is 5.91 Å². The number of fused-ring (bicyclic) bond motifs is 1. The second-order valence-corrected chi connectivity index (χ2v) is 7.94. The van der Waals surface area contributed by atoms with E-state index >= 15 is 0 Å². The van der Waals surface area contributed by atoms with Crippen molar-refractivity contribution in [3.8, 4) is 0 Å². The maximum atomic E-state index is 13.4. The van der Waals surface area contributed by atoms with Gasteiger partial charge >= 0.3 is 0 Å². The van der Waals surface area contributed by atoms with Gasteiger partial charge in [0.1, 0.15) is 11.4 Å². The summed E-state index contributed by atoms with van der Waals surface area (Å²) in [5, 5.41) is 10.2. The zero-order chi connectivity index (χ0) is 21.3. The van der Waals surface area contributed by atoms with Crippen LogP contribution in [0.5, 0.6) is 0 Å². The number of benzene rings is 1. The highest BCUT2D eigenvalue weighted by atomic mass is 35.5. The Bertz CT molecular complexity index is 1080. The molecular formula is C21H21ClFN5O2. The van der Waals surface area contributed by atoms with Crippen molar-refractivity contribution in [1.82, 2.24) is 19.9 Å². The van der Waals surface area contributed by atoms with Gasteiger partial charge in [-0.15, -0.1) is 0 Å². The molecule has 1 aliphatic carbocycles. The number of hydrogen-bond donors (Lipinski definition) is 2. The fourth-order valence-corrected chi connectivity index (χ4v) is 4.14. The third kappa shape index (κ3) is 4.14. The topological polar surface area (TPSA) is 88.4 Å². The van der Waals surface area contributed by atoms with E-state index < -0.39 is 5.82 Å². The van der Waals surface area contributed by atoms with E-state index in [4.69, 9.17) is 11.6 Å². The molecule has 0 bridgehead atoms. The van der Waals surface area contributed by atoms with Gasteiger partial charge in [0.25, 0.3) is 5.91 Å². The molecule has 2 heterocycles. The van der Waals surface area contributed by atoms with E-state index in [0.717, 1.165) is 0 Å². The highest BCUT2D eigenvalue weighted by Crippen LogP contribution is 2.30. The Labute approximate surface area is 177 Å². The molecular weight excluding hydrogens is 409 g/mol. The van der Waals surface area contributed by atoms with E-state index in [2.05, 4.69) is 20.7 Å². The van der Waals surface area contributed by atoms with Gasteiger partial charge in [0.15, 0.2) is 5.65 Å². The molecule has 0 atom stereocenters. The van der Waals surface area contributed by atoms with Gasteiger partial charge in [-0.05, 0) is 56.4 Å². The van der Waals surface area contributed by atoms with Gasteiger partial charge in [-0.25, -0.2) is 13.9 Å². The number of carbonyl (C=O) groups excluding carboxylic acids is 2. The number of carbonyl (C=O) groups is 2. The van der Waals surface area contributed by atoms with Crippen molar-refractivity contribution in [3.63, 3.8) is 0 Å². The summed E-state index contributed by atoms with van der Waals surface area (Å²) in [5.41, 5.74) is 1.96. The predicted octanol–water partition coefficient (Wildman–Crippen LogP) is 3.76. The summed E-state index contributed by atoms with van der Waals surface area (Å²) in [6.45, 7) is 1.70. The average molecular weight is 430 g/mol. The number of rotatable bonds is 4. The van der Waals surface area contributed by atoms with Crippen molar-refractivity contribution < 1.29 is 14.0 Å². The fourth-order valence-electron chi connectivity index (χ4n) is 3.84. The third-order valence-electron chi connectivity index (χ3n) is 5.46. The van der Waals surface area contributed by atoms with Crippen LogP contribution < -0.4 is 10.6 Å². The zero-order valence-electron chi connectivity index (χ0n) is 16.4. The molecule has 7 nitrogen and oxygen atoms in total. The fraction of sp³-hybridized carbons (Fsp3) is 0.333. The van der Waals surface area contributed by atoms with Crippen LogP contribution in [-0.2, 0) is 4.79 Å². The van der Waals surface area contributed by atoms with Crippen LogP contribution in [0.3, 0.4) is 0 Å². The maximum absolute atomic E-state index is 13.4. The van der Waals surface area contributed by atoms with Crippen molar-refractivity contribution >= 4 is 34.7 Å². The highest BCUT2D eigenvalue weighted by molar-refractivity contribution is 6.34. The van der Waals surface area contributed by atoms with Crippen molar-refractivity contribution in [1.29, 1.82) is 0 Å². The number of halogens is 2. The largest absolute Gasteiger partial charge is 0.349 e. The molecule has 1 saturated carbocycles. The van der Waals surface area contributed by atoms with Crippen LogP contribution >= 0.6 is 11.6 Å². The Balaban J connectivity index is 1.34. The molecule has 0 saturated heterocycles. The van der Waals surface area contributed by atoms with E-state index in [1.807, 2.05) is 0 Å². The second-order valence-electron chi connectivity index (χ2n) is 7.54. The van der Waals surface area contributed by atoms with E-state index in [0.29, 0.717) is 48.1 Å². The molecule has 1 aromatic carbocycles. The van der Waals surface area contributed by atoms with Gasteiger partial charge in [-0.3, -0.25) is 9.59 Å². The number of aryl methyl sites for hydroxylation is 1. The molecule has 1 aliphatic rings. The minimum absolute atomic E-state index is 0.0173. The Morgan fingerprint density at radius 2 is 2.00 bits per heavy atom. The summed E-state index contributed by atoms with van der Waals surface area (Å²) in [7, 11) is 0. The lowest BCUT2D eigenvalue weighted by Gasteiger charge is -2.28. The zero-order valence-corrected chi connectivity index (χ0v) is 17.1. The maximum Gasteiger partial charge on any atom is 0.256 e. The van der Waals surface area contributed by atoms with Crippen molar-refractivity contribution in [3.05, 3.63) is 58.8 Å². The summed E-state index contributed by atoms with van der Waals surface area (Å²) >= 11 is 6.07. The van der Waals surface area contributed by atoms with Crippen LogP contribution in [0.15, 0.2) is 36.8 Å². The first-order valence-electron chi connectivity index (χ1n) is 9.78. The summed E-state index contributed by atoms with van der Waals surface area (Å²) < 4.78 is 14.9. The molecule has 3 aromatic rings. The van der Waals surface area contributed by atoms with Crippen LogP contribution in [-0.4, -0.2) is 32.5 Å². The second kappa shape index (κ2) is 8.39. The van der Waals surface area contributed by atoms with Crippen LogP contribution in [0, 0.1) is 18.7 Å². The smallest absolute Gasteiger partial charge is 0.256 e. The number of amides is 2. The van der Waals surface area contributed by atoms with E-state index in [1.54, 1.807) is 29.9 Å². The van der Waals surface area contributed by atoms with Gasteiger partial charge in [0, 0.05) is 24.4 Å². The van der Waals surface area contributed by atoms with Crippen LogP contribution in [0.25, 0.3) is 5.65 Å². The molecule has 1 fully saturated rings. The number of aromatic nitrogens is 3. The van der Waals surface area contributed by atoms with Gasteiger partial charge in [-0.2, -0.15) is 5.10 Å². The van der Waals surface area contributed by atoms with Gasteiger partial charge in [-0.1, -0.05) is 11.6 Å². The van der Waals surface area contributed by atoms with Gasteiger partial charge < -0.3 is 10.6 Å². The van der Waals surface area contributed by atoms with Crippen LogP contribution in [0.4, 0.5) is 10.1 Å².